The van der Waals surface area contributed by atoms with Gasteiger partial charge in [0.1, 0.15) is 5.78 Å². The molecule has 0 heterocycles. The van der Waals surface area contributed by atoms with E-state index in [1.165, 1.54) is 13.0 Å². The highest BCUT2D eigenvalue weighted by molar-refractivity contribution is 5.76. The Kier molecular flexibility index (Phi) is 3.33. The number of ketones is 1. The number of hydrogen-bond acceptors (Lipinski definition) is 1. The highest BCUT2D eigenvalue weighted by atomic mass is 19.2. The summed E-state index contributed by atoms with van der Waals surface area (Å²) < 4.78 is 25.4. The van der Waals surface area contributed by atoms with E-state index in [-0.39, 0.29) is 11.7 Å². The number of Topliss-reactive ketones (excluding diaryl/α,β-unsaturated/α-hetero) is 1. The second kappa shape index (κ2) is 4.31. The Labute approximate surface area is 81.7 Å². The first-order valence-electron chi connectivity index (χ1n) is 4.45. The van der Waals surface area contributed by atoms with Crippen LogP contribution in [0.2, 0.25) is 0 Å². The fourth-order valence-electron chi connectivity index (χ4n) is 1.37. The van der Waals surface area contributed by atoms with Gasteiger partial charge in [0.25, 0.3) is 0 Å². The van der Waals surface area contributed by atoms with Crippen LogP contribution in [0.25, 0.3) is 0 Å². The van der Waals surface area contributed by atoms with Crippen molar-refractivity contribution in [2.45, 2.75) is 26.2 Å². The van der Waals surface area contributed by atoms with Crippen molar-refractivity contribution in [2.75, 3.05) is 0 Å². The summed E-state index contributed by atoms with van der Waals surface area (Å²) in [6.45, 7) is 3.30. The van der Waals surface area contributed by atoms with Crippen LogP contribution in [0.4, 0.5) is 8.78 Å². The molecule has 0 bridgehead atoms. The van der Waals surface area contributed by atoms with Gasteiger partial charge < -0.3 is 4.79 Å². The first kappa shape index (κ1) is 10.8. The van der Waals surface area contributed by atoms with E-state index in [9.17, 15) is 13.6 Å². The first-order valence-corrected chi connectivity index (χ1v) is 4.45. The fourth-order valence-corrected chi connectivity index (χ4v) is 1.37. The number of rotatable bonds is 3. The maximum absolute atomic E-state index is 12.8. The Balaban J connectivity index is 2.85. The summed E-state index contributed by atoms with van der Waals surface area (Å²) in [6, 6.07) is 3.73. The predicted molar refractivity (Wildman–Crippen MR) is 50.1 cm³/mol. The van der Waals surface area contributed by atoms with E-state index in [1.54, 1.807) is 0 Å². The molecule has 0 aromatic heterocycles. The minimum Gasteiger partial charge on any atom is -0.300 e. The molecule has 0 saturated carbocycles. The molecule has 0 spiro atoms. The molecule has 1 aromatic carbocycles. The van der Waals surface area contributed by atoms with Crippen molar-refractivity contribution >= 4 is 5.78 Å². The average Bonchev–Trinajstić information content (AvgIpc) is 2.08. The fraction of sp³-hybridized carbons (Fsp3) is 0.364. The molecule has 0 aliphatic heterocycles. The minimum absolute atomic E-state index is 0.0437. The van der Waals surface area contributed by atoms with Gasteiger partial charge in [0.15, 0.2) is 11.6 Å². The van der Waals surface area contributed by atoms with Gasteiger partial charge in [-0.05, 0) is 30.5 Å². The van der Waals surface area contributed by atoms with E-state index in [0.717, 1.165) is 12.1 Å². The van der Waals surface area contributed by atoms with Crippen LogP contribution in [0.5, 0.6) is 0 Å². The summed E-state index contributed by atoms with van der Waals surface area (Å²) in [7, 11) is 0. The number of hydrogen-bond donors (Lipinski definition) is 0. The van der Waals surface area contributed by atoms with Crippen molar-refractivity contribution in [1.29, 1.82) is 0 Å². The third-order valence-corrected chi connectivity index (χ3v) is 2.11. The van der Waals surface area contributed by atoms with Gasteiger partial charge >= 0.3 is 0 Å². The molecule has 1 atom stereocenters. The van der Waals surface area contributed by atoms with E-state index in [2.05, 4.69) is 0 Å². The average molecular weight is 198 g/mol. The molecule has 0 amide bonds. The van der Waals surface area contributed by atoms with Crippen LogP contribution >= 0.6 is 0 Å². The van der Waals surface area contributed by atoms with Crippen LogP contribution in [0.1, 0.15) is 31.7 Å². The standard InChI is InChI=1S/C11H12F2O/c1-7(5-8(2)14)9-3-4-10(12)11(13)6-9/h3-4,6-7H,5H2,1-2H3. The lowest BCUT2D eigenvalue weighted by atomic mass is 9.96. The molecule has 1 aromatic rings. The Morgan fingerprint density at radius 2 is 2.00 bits per heavy atom. The zero-order valence-electron chi connectivity index (χ0n) is 8.18. The summed E-state index contributed by atoms with van der Waals surface area (Å²) in [5.41, 5.74) is 0.652. The van der Waals surface area contributed by atoms with E-state index < -0.39 is 11.6 Å². The molecule has 0 radical (unpaired) electrons. The Hall–Kier alpha value is -1.25. The van der Waals surface area contributed by atoms with Crippen LogP contribution in [0, 0.1) is 11.6 Å². The molecule has 0 fully saturated rings. The molecule has 76 valence electrons. The minimum atomic E-state index is -0.863. The number of halogens is 2. The lowest BCUT2D eigenvalue weighted by Gasteiger charge is -2.09. The van der Waals surface area contributed by atoms with E-state index in [1.807, 2.05) is 6.92 Å². The van der Waals surface area contributed by atoms with Crippen molar-refractivity contribution in [3.05, 3.63) is 35.4 Å². The Bertz CT molecular complexity index is 347. The number of benzene rings is 1. The summed E-state index contributed by atoms with van der Waals surface area (Å²) in [5.74, 6) is -1.74. The Morgan fingerprint density at radius 3 is 2.50 bits per heavy atom. The molecule has 1 rings (SSSR count). The monoisotopic (exact) mass is 198 g/mol. The van der Waals surface area contributed by atoms with Crippen LogP contribution in [0.3, 0.4) is 0 Å². The lowest BCUT2D eigenvalue weighted by molar-refractivity contribution is -0.117. The normalized spacial score (nSPS) is 12.6. The maximum Gasteiger partial charge on any atom is 0.159 e. The van der Waals surface area contributed by atoms with Gasteiger partial charge in [0.05, 0.1) is 0 Å². The third kappa shape index (κ3) is 2.62. The molecular weight excluding hydrogens is 186 g/mol. The van der Waals surface area contributed by atoms with Crippen molar-refractivity contribution in [1.82, 2.24) is 0 Å². The van der Waals surface area contributed by atoms with E-state index in [4.69, 9.17) is 0 Å². The van der Waals surface area contributed by atoms with Crippen LogP contribution in [-0.2, 0) is 4.79 Å². The zero-order chi connectivity index (χ0) is 10.7. The second-order valence-electron chi connectivity index (χ2n) is 3.48. The molecule has 1 unspecified atom stereocenters. The summed E-state index contributed by atoms with van der Waals surface area (Å²) >= 11 is 0. The van der Waals surface area contributed by atoms with Gasteiger partial charge in [0, 0.05) is 6.42 Å². The highest BCUT2D eigenvalue weighted by Gasteiger charge is 2.10. The quantitative estimate of drug-likeness (QED) is 0.729. The molecule has 3 heteroatoms. The van der Waals surface area contributed by atoms with Crippen molar-refractivity contribution in [3.63, 3.8) is 0 Å². The second-order valence-corrected chi connectivity index (χ2v) is 3.48. The molecule has 0 aliphatic rings. The van der Waals surface area contributed by atoms with E-state index in [0.29, 0.717) is 12.0 Å². The van der Waals surface area contributed by atoms with Gasteiger partial charge in [0.2, 0.25) is 0 Å². The van der Waals surface area contributed by atoms with Gasteiger partial charge in [-0.25, -0.2) is 8.78 Å². The molecule has 0 aliphatic carbocycles. The molecule has 0 saturated heterocycles. The van der Waals surface area contributed by atoms with Crippen molar-refractivity contribution < 1.29 is 13.6 Å². The number of carbonyl (C=O) groups is 1. The maximum atomic E-state index is 12.8. The van der Waals surface area contributed by atoms with Crippen molar-refractivity contribution in [2.24, 2.45) is 0 Å². The van der Waals surface area contributed by atoms with Crippen LogP contribution < -0.4 is 0 Å². The highest BCUT2D eigenvalue weighted by Crippen LogP contribution is 2.21. The van der Waals surface area contributed by atoms with Gasteiger partial charge in [-0.3, -0.25) is 0 Å². The predicted octanol–water partition coefficient (Wildman–Crippen LogP) is 3.05. The van der Waals surface area contributed by atoms with E-state index >= 15 is 0 Å². The zero-order valence-corrected chi connectivity index (χ0v) is 8.18. The van der Waals surface area contributed by atoms with Gasteiger partial charge in [-0.15, -0.1) is 0 Å². The molecule has 14 heavy (non-hydrogen) atoms. The SMILES string of the molecule is CC(=O)CC(C)c1ccc(F)c(F)c1. The smallest absolute Gasteiger partial charge is 0.159 e. The summed E-state index contributed by atoms with van der Waals surface area (Å²) in [6.07, 6.45) is 0.352. The van der Waals surface area contributed by atoms with Crippen LogP contribution in [-0.4, -0.2) is 5.78 Å². The lowest BCUT2D eigenvalue weighted by Crippen LogP contribution is -2.01. The molecule has 0 N–H and O–H groups in total. The van der Waals surface area contributed by atoms with Crippen LogP contribution in [0.15, 0.2) is 18.2 Å². The third-order valence-electron chi connectivity index (χ3n) is 2.11. The van der Waals surface area contributed by atoms with Gasteiger partial charge in [-0.2, -0.15) is 0 Å². The molecule has 1 nitrogen and oxygen atoms in total. The topological polar surface area (TPSA) is 17.1 Å². The summed E-state index contributed by atoms with van der Waals surface area (Å²) in [5, 5.41) is 0. The summed E-state index contributed by atoms with van der Waals surface area (Å²) in [4.78, 5) is 10.8. The van der Waals surface area contributed by atoms with Crippen molar-refractivity contribution in [3.8, 4) is 0 Å². The largest absolute Gasteiger partial charge is 0.300 e. The van der Waals surface area contributed by atoms with Gasteiger partial charge in [-0.1, -0.05) is 13.0 Å². The first-order chi connectivity index (χ1) is 6.50. The number of carbonyl (C=O) groups excluding carboxylic acids is 1. The molecular formula is C11H12F2O. The Morgan fingerprint density at radius 1 is 1.36 bits per heavy atom.